The first kappa shape index (κ1) is 24.4. The summed E-state index contributed by atoms with van der Waals surface area (Å²) in [6.07, 6.45) is 3.71. The lowest BCUT2D eigenvalue weighted by molar-refractivity contribution is -0.131. The first-order valence-electron chi connectivity index (χ1n) is 12.1. The number of thioether (sulfide) groups is 1. The lowest BCUT2D eigenvalue weighted by atomic mass is 10.2. The van der Waals surface area contributed by atoms with Crippen molar-refractivity contribution in [3.63, 3.8) is 0 Å². The molecule has 0 unspecified atom stereocenters. The molecule has 0 N–H and O–H groups in total. The van der Waals surface area contributed by atoms with Crippen molar-refractivity contribution >= 4 is 29.3 Å². The summed E-state index contributed by atoms with van der Waals surface area (Å²) >= 11 is 1.43. The minimum atomic E-state index is 0.111. The van der Waals surface area contributed by atoms with E-state index in [4.69, 9.17) is 4.74 Å². The van der Waals surface area contributed by atoms with Gasteiger partial charge in [-0.3, -0.25) is 9.59 Å². The van der Waals surface area contributed by atoms with E-state index in [0.717, 1.165) is 61.3 Å². The molecule has 3 heterocycles. The van der Waals surface area contributed by atoms with Crippen molar-refractivity contribution < 1.29 is 14.3 Å². The van der Waals surface area contributed by atoms with Crippen molar-refractivity contribution in [1.82, 2.24) is 24.6 Å². The van der Waals surface area contributed by atoms with Gasteiger partial charge in [0.05, 0.1) is 25.1 Å². The molecule has 0 atom stereocenters. The molecule has 2 saturated heterocycles. The zero-order valence-corrected chi connectivity index (χ0v) is 20.9. The largest absolute Gasteiger partial charge is 0.495 e. The van der Waals surface area contributed by atoms with Crippen LogP contribution in [0.5, 0.6) is 5.75 Å². The van der Waals surface area contributed by atoms with Gasteiger partial charge in [0, 0.05) is 45.7 Å². The highest BCUT2D eigenvalue weighted by atomic mass is 32.2. The molecule has 4 rings (SSSR count). The van der Waals surface area contributed by atoms with Crippen LogP contribution < -0.4 is 9.64 Å². The lowest BCUT2D eigenvalue weighted by Gasteiger charge is -2.36. The highest BCUT2D eigenvalue weighted by molar-refractivity contribution is 7.99. The fourth-order valence-electron chi connectivity index (χ4n) is 4.54. The fourth-order valence-corrected chi connectivity index (χ4v) is 5.47. The van der Waals surface area contributed by atoms with E-state index in [-0.39, 0.29) is 11.8 Å². The number of carbonyl (C=O) groups excluding carboxylic acids is 2. The summed E-state index contributed by atoms with van der Waals surface area (Å²) < 4.78 is 7.51. The van der Waals surface area contributed by atoms with Crippen LogP contribution in [0.15, 0.2) is 29.4 Å². The third kappa shape index (κ3) is 5.65. The van der Waals surface area contributed by atoms with Crippen LogP contribution in [0.25, 0.3) is 0 Å². The molecule has 184 valence electrons. The second kappa shape index (κ2) is 11.6. The Labute approximate surface area is 205 Å². The number of likely N-dealkylation sites (tertiary alicyclic amines) is 1. The molecule has 0 saturated carbocycles. The summed E-state index contributed by atoms with van der Waals surface area (Å²) in [7, 11) is 1.68. The predicted octanol–water partition coefficient (Wildman–Crippen LogP) is 2.65. The normalized spacial score (nSPS) is 17.1. The molecule has 2 amide bonds. The van der Waals surface area contributed by atoms with Crippen LogP contribution >= 0.6 is 11.8 Å². The Balaban J connectivity index is 1.30. The lowest BCUT2D eigenvalue weighted by Crippen LogP contribution is -2.49. The van der Waals surface area contributed by atoms with Crippen LogP contribution in [0.1, 0.15) is 38.4 Å². The van der Waals surface area contributed by atoms with Crippen LogP contribution in [0.2, 0.25) is 0 Å². The Morgan fingerprint density at radius 3 is 2.62 bits per heavy atom. The summed E-state index contributed by atoms with van der Waals surface area (Å²) in [5, 5.41) is 9.42. The first-order chi connectivity index (χ1) is 16.6. The third-order valence-corrected chi connectivity index (χ3v) is 7.45. The number of piperazine rings is 1. The van der Waals surface area contributed by atoms with Crippen LogP contribution in [-0.4, -0.2) is 82.0 Å². The fraction of sp³-hybridized carbons (Fsp3) is 0.583. The van der Waals surface area contributed by atoms with Crippen LogP contribution in [-0.2, 0) is 22.7 Å². The van der Waals surface area contributed by atoms with Crippen LogP contribution in [0.3, 0.4) is 0 Å². The smallest absolute Gasteiger partial charge is 0.233 e. The van der Waals surface area contributed by atoms with Gasteiger partial charge in [-0.25, -0.2) is 0 Å². The van der Waals surface area contributed by atoms with Gasteiger partial charge < -0.3 is 24.0 Å². The van der Waals surface area contributed by atoms with Gasteiger partial charge in [-0.15, -0.1) is 10.2 Å². The molecule has 2 fully saturated rings. The average Bonchev–Trinajstić information content (AvgIpc) is 3.15. The molecule has 9 nitrogen and oxygen atoms in total. The summed E-state index contributed by atoms with van der Waals surface area (Å²) in [5.41, 5.74) is 1.07. The Morgan fingerprint density at radius 1 is 1.06 bits per heavy atom. The second-order valence-corrected chi connectivity index (χ2v) is 9.54. The van der Waals surface area contributed by atoms with Crippen molar-refractivity contribution in [3.8, 4) is 5.75 Å². The van der Waals surface area contributed by atoms with Gasteiger partial charge in [-0.1, -0.05) is 30.3 Å². The zero-order chi connectivity index (χ0) is 23.9. The number of methoxy groups -OCH3 is 1. The number of nitrogens with zero attached hydrogens (tertiary/aromatic N) is 6. The van der Waals surface area contributed by atoms with E-state index in [2.05, 4.69) is 21.2 Å². The molecule has 0 spiro atoms. The number of benzene rings is 1. The van der Waals surface area contributed by atoms with Gasteiger partial charge >= 0.3 is 0 Å². The summed E-state index contributed by atoms with van der Waals surface area (Å²) in [4.78, 5) is 31.3. The van der Waals surface area contributed by atoms with Gasteiger partial charge in [0.2, 0.25) is 11.8 Å². The number of para-hydroxylation sites is 2. The summed E-state index contributed by atoms with van der Waals surface area (Å²) in [6, 6.07) is 7.99. The van der Waals surface area contributed by atoms with Gasteiger partial charge in [0.15, 0.2) is 11.0 Å². The molecule has 2 aromatic rings. The van der Waals surface area contributed by atoms with Crippen molar-refractivity contribution in [2.45, 2.75) is 50.9 Å². The maximum absolute atomic E-state index is 12.9. The van der Waals surface area contributed by atoms with Gasteiger partial charge in [0.1, 0.15) is 5.75 Å². The standard InChI is InChI=1S/C24H34N6O3S/c1-3-30-21(17-29-12-8-4-5-11-22(29)31)25-26-24(30)34-18-23(32)28-15-13-27(14-16-28)19-9-6-7-10-20(19)33-2/h6-7,9-10H,3-5,8,11-18H2,1-2H3. The predicted molar refractivity (Wildman–Crippen MR) is 132 cm³/mol. The number of hydrogen-bond donors (Lipinski definition) is 0. The van der Waals surface area contributed by atoms with E-state index in [1.54, 1.807) is 7.11 Å². The monoisotopic (exact) mass is 486 g/mol. The summed E-state index contributed by atoms with van der Waals surface area (Å²) in [6.45, 7) is 6.92. The number of carbonyl (C=O) groups is 2. The number of hydrogen-bond acceptors (Lipinski definition) is 7. The molecule has 1 aromatic carbocycles. The molecule has 0 radical (unpaired) electrons. The third-order valence-electron chi connectivity index (χ3n) is 6.50. The minimum Gasteiger partial charge on any atom is -0.495 e. The van der Waals surface area contributed by atoms with Crippen molar-refractivity contribution in [3.05, 3.63) is 30.1 Å². The van der Waals surface area contributed by atoms with Gasteiger partial charge in [-0.05, 0) is 31.9 Å². The Bertz CT molecular complexity index is 989. The van der Waals surface area contributed by atoms with Gasteiger partial charge in [0.25, 0.3) is 0 Å². The zero-order valence-electron chi connectivity index (χ0n) is 20.1. The number of anilines is 1. The highest BCUT2D eigenvalue weighted by Crippen LogP contribution is 2.28. The van der Waals surface area contributed by atoms with Crippen LogP contribution in [0, 0.1) is 0 Å². The maximum atomic E-state index is 12.9. The van der Waals surface area contributed by atoms with Crippen molar-refractivity contribution in [2.75, 3.05) is 50.5 Å². The Kier molecular flexibility index (Phi) is 8.31. The van der Waals surface area contributed by atoms with E-state index >= 15 is 0 Å². The number of amides is 2. The number of aromatic nitrogens is 3. The molecule has 0 bridgehead atoms. The molecule has 10 heteroatoms. The van der Waals surface area contributed by atoms with E-state index in [9.17, 15) is 9.59 Å². The Hall–Kier alpha value is -2.75. The average molecular weight is 487 g/mol. The Morgan fingerprint density at radius 2 is 1.85 bits per heavy atom. The number of ether oxygens (including phenoxy) is 1. The van der Waals surface area contributed by atoms with Crippen molar-refractivity contribution in [1.29, 1.82) is 0 Å². The second-order valence-electron chi connectivity index (χ2n) is 8.60. The van der Waals surface area contributed by atoms with E-state index in [0.29, 0.717) is 38.4 Å². The molecule has 2 aliphatic rings. The topological polar surface area (TPSA) is 83.8 Å². The van der Waals surface area contributed by atoms with E-state index < -0.39 is 0 Å². The molecule has 0 aliphatic carbocycles. The van der Waals surface area contributed by atoms with Crippen molar-refractivity contribution in [2.24, 2.45) is 0 Å². The quantitative estimate of drug-likeness (QED) is 0.531. The molecular weight excluding hydrogens is 452 g/mol. The summed E-state index contributed by atoms with van der Waals surface area (Å²) in [5.74, 6) is 2.28. The van der Waals surface area contributed by atoms with E-state index in [1.165, 1.54) is 11.8 Å². The molecule has 34 heavy (non-hydrogen) atoms. The molecular formula is C24H34N6O3S. The maximum Gasteiger partial charge on any atom is 0.233 e. The first-order valence-corrected chi connectivity index (χ1v) is 13.1. The molecule has 1 aromatic heterocycles. The number of rotatable bonds is 8. The minimum absolute atomic E-state index is 0.111. The van der Waals surface area contributed by atoms with Gasteiger partial charge in [-0.2, -0.15) is 0 Å². The SMILES string of the molecule is CCn1c(CN2CCCCCC2=O)nnc1SCC(=O)N1CCN(c2ccccc2OC)CC1. The van der Waals surface area contributed by atoms with Crippen LogP contribution in [0.4, 0.5) is 5.69 Å². The van der Waals surface area contributed by atoms with E-state index in [1.807, 2.05) is 39.5 Å². The highest BCUT2D eigenvalue weighted by Gasteiger charge is 2.24. The molecule has 2 aliphatic heterocycles.